The minimum atomic E-state index is -0.998. The molecule has 1 aromatic carbocycles. The Kier molecular flexibility index (Phi) is 6.51. The summed E-state index contributed by atoms with van der Waals surface area (Å²) >= 11 is 6.34. The molecule has 148 valence electrons. The first kappa shape index (κ1) is 20.5. The van der Waals surface area contributed by atoms with Crippen LogP contribution in [0.4, 0.5) is 5.69 Å². The Hall–Kier alpha value is -2.19. The second-order valence-corrected chi connectivity index (χ2v) is 8.35. The Morgan fingerprint density at radius 2 is 1.82 bits per heavy atom. The number of unbranched alkanes of at least 4 members (excludes halogenated alkanes) is 3. The Labute approximate surface area is 173 Å². The first-order valence-electron chi connectivity index (χ1n) is 9.36. The second kappa shape index (κ2) is 8.87. The zero-order valence-corrected chi connectivity index (χ0v) is 17.3. The van der Waals surface area contributed by atoms with Gasteiger partial charge >= 0.3 is 5.97 Å². The largest absolute Gasteiger partial charge is 0.481 e. The van der Waals surface area contributed by atoms with Crippen LogP contribution in [0.5, 0.6) is 0 Å². The summed E-state index contributed by atoms with van der Waals surface area (Å²) in [5.41, 5.74) is 1.93. The van der Waals surface area contributed by atoms with Crippen LogP contribution in [0, 0.1) is 0 Å². The first-order chi connectivity index (χ1) is 13.5. The van der Waals surface area contributed by atoms with Crippen LogP contribution in [-0.4, -0.2) is 45.2 Å². The Morgan fingerprint density at radius 3 is 2.54 bits per heavy atom. The normalized spacial score (nSPS) is 19.0. The van der Waals surface area contributed by atoms with E-state index in [4.69, 9.17) is 17.3 Å². The van der Waals surface area contributed by atoms with Gasteiger partial charge in [0.15, 0.2) is 0 Å². The molecule has 1 fully saturated rings. The van der Waals surface area contributed by atoms with Gasteiger partial charge in [-0.25, -0.2) is 0 Å². The van der Waals surface area contributed by atoms with Crippen molar-refractivity contribution in [3.05, 3.63) is 34.7 Å². The number of carbonyl (C=O) groups excluding carboxylic acids is 2. The molecule has 0 spiro atoms. The lowest BCUT2D eigenvalue weighted by atomic mass is 10.1. The van der Waals surface area contributed by atoms with Crippen LogP contribution < -0.4 is 4.90 Å². The second-order valence-electron chi connectivity index (χ2n) is 6.71. The van der Waals surface area contributed by atoms with Crippen molar-refractivity contribution in [2.75, 3.05) is 18.0 Å². The molecule has 0 saturated carbocycles. The lowest BCUT2D eigenvalue weighted by molar-refractivity contribution is -0.137. The highest BCUT2D eigenvalue weighted by Gasteiger charge is 2.41. The topological polar surface area (TPSA) is 77.9 Å². The van der Waals surface area contributed by atoms with Crippen LogP contribution in [0.25, 0.3) is 5.57 Å². The number of carboxylic acid groups (broad SMARTS) is 1. The quantitative estimate of drug-likeness (QED) is 0.394. The molecule has 2 amide bonds. The van der Waals surface area contributed by atoms with E-state index in [0.29, 0.717) is 21.3 Å². The first-order valence-corrected chi connectivity index (χ1v) is 10.6. The third kappa shape index (κ3) is 3.98. The Bertz CT molecular complexity index is 866. The third-order valence-corrected chi connectivity index (χ3v) is 6.23. The van der Waals surface area contributed by atoms with Crippen LogP contribution in [0.1, 0.15) is 44.6 Å². The van der Waals surface area contributed by atoms with Gasteiger partial charge in [0.25, 0.3) is 11.8 Å². The molecule has 6 nitrogen and oxygen atoms in total. The van der Waals surface area contributed by atoms with E-state index < -0.39 is 5.97 Å². The summed E-state index contributed by atoms with van der Waals surface area (Å²) in [7, 11) is 0. The summed E-state index contributed by atoms with van der Waals surface area (Å²) in [4.78, 5) is 40.2. The van der Waals surface area contributed by atoms with Gasteiger partial charge in [0, 0.05) is 18.7 Å². The number of carboxylic acids is 1. The number of fused-ring (bicyclic) bond motifs is 1. The number of hydrogen-bond acceptors (Lipinski definition) is 5. The van der Waals surface area contributed by atoms with Gasteiger partial charge in [-0.3, -0.25) is 19.3 Å². The van der Waals surface area contributed by atoms with Crippen molar-refractivity contribution in [1.82, 2.24) is 4.90 Å². The molecule has 2 heterocycles. The van der Waals surface area contributed by atoms with E-state index in [1.54, 1.807) is 4.90 Å². The maximum absolute atomic E-state index is 13.2. The van der Waals surface area contributed by atoms with Crippen LogP contribution >= 0.6 is 24.0 Å². The fourth-order valence-corrected chi connectivity index (χ4v) is 4.75. The number of hydrogen-bond donors (Lipinski definition) is 1. The lowest BCUT2D eigenvalue weighted by Crippen LogP contribution is -2.31. The van der Waals surface area contributed by atoms with Gasteiger partial charge in [-0.15, -0.1) is 0 Å². The van der Waals surface area contributed by atoms with Gasteiger partial charge in [0.1, 0.15) is 4.32 Å². The van der Waals surface area contributed by atoms with E-state index in [-0.39, 0.29) is 24.8 Å². The summed E-state index contributed by atoms with van der Waals surface area (Å²) in [5.74, 6) is -1.57. The number of para-hydroxylation sites is 1. The van der Waals surface area contributed by atoms with Crippen molar-refractivity contribution in [3.8, 4) is 0 Å². The maximum atomic E-state index is 13.2. The molecule has 1 aromatic rings. The van der Waals surface area contributed by atoms with Gasteiger partial charge in [0.05, 0.1) is 22.6 Å². The number of anilines is 1. The molecule has 0 atom stereocenters. The molecule has 0 aromatic heterocycles. The lowest BCUT2D eigenvalue weighted by Gasteiger charge is -2.16. The smallest absolute Gasteiger partial charge is 0.305 e. The number of benzene rings is 1. The number of thiocarbonyl (C=S) groups is 1. The average molecular weight is 419 g/mol. The minimum absolute atomic E-state index is 0.00729. The van der Waals surface area contributed by atoms with Crippen molar-refractivity contribution in [2.45, 2.75) is 39.0 Å². The SMILES string of the molecule is CCCCCCN1C(=O)/C(=C2/SC(=S)N(CCC(=O)O)C2=O)c2ccccc21. The van der Waals surface area contributed by atoms with E-state index in [1.807, 2.05) is 24.3 Å². The molecule has 3 rings (SSSR count). The van der Waals surface area contributed by atoms with Gasteiger partial charge in [-0.2, -0.15) is 0 Å². The minimum Gasteiger partial charge on any atom is -0.481 e. The van der Waals surface area contributed by atoms with Crippen LogP contribution in [0.2, 0.25) is 0 Å². The highest BCUT2D eigenvalue weighted by molar-refractivity contribution is 8.26. The highest BCUT2D eigenvalue weighted by Crippen LogP contribution is 2.44. The van der Waals surface area contributed by atoms with Crippen molar-refractivity contribution >= 4 is 57.3 Å². The Balaban J connectivity index is 1.91. The summed E-state index contributed by atoms with van der Waals surface area (Å²) in [6.45, 7) is 2.76. The van der Waals surface area contributed by atoms with Crippen molar-refractivity contribution < 1.29 is 19.5 Å². The number of nitrogens with zero attached hydrogens (tertiary/aromatic N) is 2. The summed E-state index contributed by atoms with van der Waals surface area (Å²) < 4.78 is 0.292. The number of thioether (sulfide) groups is 1. The molecule has 1 saturated heterocycles. The number of rotatable bonds is 8. The summed E-state index contributed by atoms with van der Waals surface area (Å²) in [5, 5.41) is 8.89. The average Bonchev–Trinajstić information content (AvgIpc) is 3.10. The fourth-order valence-electron chi connectivity index (χ4n) is 3.37. The molecule has 0 aliphatic carbocycles. The third-order valence-electron chi connectivity index (χ3n) is 4.78. The molecule has 0 bridgehead atoms. The molecular formula is C20H22N2O4S2. The van der Waals surface area contributed by atoms with Crippen LogP contribution in [-0.2, 0) is 14.4 Å². The molecule has 2 aliphatic heterocycles. The summed E-state index contributed by atoms with van der Waals surface area (Å²) in [6, 6.07) is 7.47. The van der Waals surface area contributed by atoms with Crippen LogP contribution in [0.3, 0.4) is 0 Å². The fraction of sp³-hybridized carbons (Fsp3) is 0.400. The van der Waals surface area contributed by atoms with E-state index in [0.717, 1.165) is 48.7 Å². The number of amides is 2. The molecule has 2 aliphatic rings. The van der Waals surface area contributed by atoms with Gasteiger partial charge in [-0.1, -0.05) is 68.4 Å². The van der Waals surface area contributed by atoms with Gasteiger partial charge in [-0.05, 0) is 12.5 Å². The molecule has 0 unspecified atom stereocenters. The Morgan fingerprint density at radius 1 is 1.07 bits per heavy atom. The predicted molar refractivity (Wildman–Crippen MR) is 114 cm³/mol. The number of carbonyl (C=O) groups is 3. The molecular weight excluding hydrogens is 396 g/mol. The van der Waals surface area contributed by atoms with E-state index in [1.165, 1.54) is 4.90 Å². The van der Waals surface area contributed by atoms with Crippen LogP contribution in [0.15, 0.2) is 29.2 Å². The van der Waals surface area contributed by atoms with E-state index in [9.17, 15) is 14.4 Å². The zero-order valence-electron chi connectivity index (χ0n) is 15.6. The zero-order chi connectivity index (χ0) is 20.3. The van der Waals surface area contributed by atoms with Gasteiger partial charge < -0.3 is 10.0 Å². The van der Waals surface area contributed by atoms with E-state index in [2.05, 4.69) is 6.92 Å². The standard InChI is InChI=1S/C20H22N2O4S2/c1-2-3-4-7-11-21-14-9-6-5-8-13(14)16(18(21)25)17-19(26)22(20(27)28-17)12-10-15(23)24/h5-6,8-9H,2-4,7,10-12H2,1H3,(H,23,24)/b17-16+. The predicted octanol–water partition coefficient (Wildman–Crippen LogP) is 3.66. The highest BCUT2D eigenvalue weighted by atomic mass is 32.2. The van der Waals surface area contributed by atoms with E-state index >= 15 is 0 Å². The number of aliphatic carboxylic acids is 1. The molecule has 1 N–H and O–H groups in total. The monoisotopic (exact) mass is 418 g/mol. The summed E-state index contributed by atoms with van der Waals surface area (Å²) in [6.07, 6.45) is 4.01. The van der Waals surface area contributed by atoms with Crippen molar-refractivity contribution in [1.29, 1.82) is 0 Å². The molecule has 8 heteroatoms. The van der Waals surface area contributed by atoms with Gasteiger partial charge in [0.2, 0.25) is 0 Å². The van der Waals surface area contributed by atoms with Crippen molar-refractivity contribution in [3.63, 3.8) is 0 Å². The maximum Gasteiger partial charge on any atom is 0.305 e. The molecule has 0 radical (unpaired) electrons. The van der Waals surface area contributed by atoms with Crippen molar-refractivity contribution in [2.24, 2.45) is 0 Å². The molecule has 28 heavy (non-hydrogen) atoms.